The maximum atomic E-state index is 6.16. The van der Waals surface area contributed by atoms with Gasteiger partial charge < -0.3 is 10.5 Å². The molecule has 114 valence electrons. The van der Waals surface area contributed by atoms with Gasteiger partial charge in [-0.15, -0.1) is 11.3 Å². The van der Waals surface area contributed by atoms with Crippen molar-refractivity contribution in [3.05, 3.63) is 22.4 Å². The first-order valence-corrected chi connectivity index (χ1v) is 8.47. The fourth-order valence-corrected chi connectivity index (χ4v) is 4.22. The fourth-order valence-electron chi connectivity index (χ4n) is 3.39. The zero-order valence-corrected chi connectivity index (χ0v) is 13.8. The third kappa shape index (κ3) is 3.42. The summed E-state index contributed by atoms with van der Waals surface area (Å²) < 4.78 is 5.50. The molecule has 0 aliphatic heterocycles. The molecule has 1 heterocycles. The van der Waals surface area contributed by atoms with Gasteiger partial charge in [-0.1, -0.05) is 6.07 Å². The van der Waals surface area contributed by atoms with Crippen LogP contribution in [0.4, 0.5) is 0 Å². The predicted molar refractivity (Wildman–Crippen MR) is 86.3 cm³/mol. The summed E-state index contributed by atoms with van der Waals surface area (Å²) in [6.07, 6.45) is 6.09. The van der Waals surface area contributed by atoms with E-state index >= 15 is 0 Å². The number of hydrogen-bond acceptors (Lipinski definition) is 4. The second-order valence-electron chi connectivity index (χ2n) is 6.11. The molecule has 1 aliphatic rings. The maximum absolute atomic E-state index is 6.16. The van der Waals surface area contributed by atoms with Crippen molar-refractivity contribution in [2.24, 2.45) is 5.73 Å². The van der Waals surface area contributed by atoms with E-state index in [1.165, 1.54) is 4.88 Å². The lowest BCUT2D eigenvalue weighted by atomic mass is 9.78. The van der Waals surface area contributed by atoms with Crippen molar-refractivity contribution in [1.29, 1.82) is 0 Å². The predicted octanol–water partition coefficient (Wildman–Crippen LogP) is 2.90. The first-order chi connectivity index (χ1) is 9.61. The van der Waals surface area contributed by atoms with Gasteiger partial charge in [-0.3, -0.25) is 4.90 Å². The average molecular weight is 296 g/mol. The van der Waals surface area contributed by atoms with Gasteiger partial charge in [-0.25, -0.2) is 0 Å². The molecule has 4 heteroatoms. The van der Waals surface area contributed by atoms with E-state index in [0.717, 1.165) is 38.6 Å². The molecule has 1 unspecified atom stereocenters. The Labute approximate surface area is 127 Å². The smallest absolute Gasteiger partial charge is 0.0572 e. The molecule has 3 nitrogen and oxygen atoms in total. The summed E-state index contributed by atoms with van der Waals surface area (Å²) in [6.45, 7) is 3.06. The van der Waals surface area contributed by atoms with Gasteiger partial charge in [0, 0.05) is 30.1 Å². The number of methoxy groups -OCH3 is 1. The number of hydrogen-bond donors (Lipinski definition) is 1. The van der Waals surface area contributed by atoms with Gasteiger partial charge in [-0.05, 0) is 57.5 Å². The Balaban J connectivity index is 1.99. The number of nitrogens with zero attached hydrogens (tertiary/aromatic N) is 1. The Morgan fingerprint density at radius 3 is 2.70 bits per heavy atom. The minimum atomic E-state index is 0.158. The lowest BCUT2D eigenvalue weighted by Crippen LogP contribution is -2.57. The highest BCUT2D eigenvalue weighted by Gasteiger charge is 2.39. The van der Waals surface area contributed by atoms with Crippen molar-refractivity contribution < 1.29 is 4.74 Å². The molecule has 0 bridgehead atoms. The first-order valence-electron chi connectivity index (χ1n) is 7.59. The molecule has 0 aromatic carbocycles. The van der Waals surface area contributed by atoms with Gasteiger partial charge in [-0.2, -0.15) is 0 Å². The fraction of sp³-hybridized carbons (Fsp3) is 0.750. The minimum absolute atomic E-state index is 0.158. The summed E-state index contributed by atoms with van der Waals surface area (Å²) >= 11 is 1.85. The van der Waals surface area contributed by atoms with Crippen molar-refractivity contribution in [2.45, 2.75) is 56.7 Å². The van der Waals surface area contributed by atoms with Crippen LogP contribution in [-0.4, -0.2) is 43.3 Å². The Morgan fingerprint density at radius 2 is 2.20 bits per heavy atom. The van der Waals surface area contributed by atoms with E-state index in [0.29, 0.717) is 12.1 Å². The van der Waals surface area contributed by atoms with Crippen LogP contribution in [0, 0.1) is 0 Å². The van der Waals surface area contributed by atoms with Gasteiger partial charge in [0.15, 0.2) is 0 Å². The van der Waals surface area contributed by atoms with Crippen LogP contribution < -0.4 is 5.73 Å². The highest BCUT2D eigenvalue weighted by Crippen LogP contribution is 2.35. The monoisotopic (exact) mass is 296 g/mol. The third-order valence-corrected chi connectivity index (χ3v) is 5.96. The normalized spacial score (nSPS) is 28.8. The molecule has 1 aromatic rings. The third-order valence-electron chi connectivity index (χ3n) is 5.06. The van der Waals surface area contributed by atoms with E-state index in [2.05, 4.69) is 36.4 Å². The molecule has 0 spiro atoms. The molecule has 1 fully saturated rings. The molecule has 2 rings (SSSR count). The van der Waals surface area contributed by atoms with Gasteiger partial charge in [0.2, 0.25) is 0 Å². The van der Waals surface area contributed by atoms with Crippen molar-refractivity contribution in [3.63, 3.8) is 0 Å². The van der Waals surface area contributed by atoms with Crippen molar-refractivity contribution >= 4 is 11.3 Å². The average Bonchev–Trinajstić information content (AvgIpc) is 2.99. The number of thiophene rings is 1. The van der Waals surface area contributed by atoms with Crippen LogP contribution in [0.15, 0.2) is 17.5 Å². The Hall–Kier alpha value is -0.420. The number of likely N-dealkylation sites (N-methyl/N-ethyl adjacent to an activating group) is 1. The molecule has 1 saturated carbocycles. The largest absolute Gasteiger partial charge is 0.381 e. The molecular weight excluding hydrogens is 268 g/mol. The van der Waals surface area contributed by atoms with E-state index in [1.807, 2.05) is 18.4 Å². The quantitative estimate of drug-likeness (QED) is 0.877. The highest BCUT2D eigenvalue weighted by molar-refractivity contribution is 7.09. The molecule has 0 amide bonds. The second-order valence-corrected chi connectivity index (χ2v) is 7.14. The van der Waals surface area contributed by atoms with Crippen LogP contribution in [0.3, 0.4) is 0 Å². The Morgan fingerprint density at radius 1 is 1.50 bits per heavy atom. The van der Waals surface area contributed by atoms with E-state index in [-0.39, 0.29) is 5.54 Å². The summed E-state index contributed by atoms with van der Waals surface area (Å²) in [5, 5.41) is 2.16. The van der Waals surface area contributed by atoms with Gasteiger partial charge in [0.1, 0.15) is 0 Å². The molecule has 1 aliphatic carbocycles. The van der Waals surface area contributed by atoms with Crippen LogP contribution in [0.25, 0.3) is 0 Å². The zero-order valence-electron chi connectivity index (χ0n) is 13.0. The number of ether oxygens (including phenoxy) is 1. The highest BCUT2D eigenvalue weighted by atomic mass is 32.1. The molecule has 1 aromatic heterocycles. The van der Waals surface area contributed by atoms with E-state index in [4.69, 9.17) is 10.5 Å². The van der Waals surface area contributed by atoms with Crippen molar-refractivity contribution in [3.8, 4) is 0 Å². The summed E-state index contributed by atoms with van der Waals surface area (Å²) in [5.74, 6) is 0. The van der Waals surface area contributed by atoms with Crippen LogP contribution in [0.1, 0.15) is 37.5 Å². The summed E-state index contributed by atoms with van der Waals surface area (Å²) in [4.78, 5) is 3.99. The Kier molecular flexibility index (Phi) is 5.61. The summed E-state index contributed by atoms with van der Waals surface area (Å²) in [6, 6.07) is 4.89. The van der Waals surface area contributed by atoms with Crippen LogP contribution in [0.2, 0.25) is 0 Å². The zero-order chi connectivity index (χ0) is 14.6. The number of rotatable bonds is 6. The van der Waals surface area contributed by atoms with Crippen LogP contribution in [-0.2, 0) is 11.2 Å². The molecule has 0 radical (unpaired) electrons. The van der Waals surface area contributed by atoms with Crippen molar-refractivity contribution in [2.75, 3.05) is 20.7 Å². The second kappa shape index (κ2) is 7.03. The molecule has 20 heavy (non-hydrogen) atoms. The van der Waals surface area contributed by atoms with E-state index in [1.54, 1.807) is 0 Å². The molecule has 2 N–H and O–H groups in total. The topological polar surface area (TPSA) is 38.5 Å². The minimum Gasteiger partial charge on any atom is -0.381 e. The molecule has 0 saturated heterocycles. The first kappa shape index (κ1) is 16.0. The lowest BCUT2D eigenvalue weighted by molar-refractivity contribution is -0.0101. The lowest BCUT2D eigenvalue weighted by Gasteiger charge is -2.48. The van der Waals surface area contributed by atoms with Crippen LogP contribution >= 0.6 is 11.3 Å². The van der Waals surface area contributed by atoms with Gasteiger partial charge in [0.25, 0.3) is 0 Å². The van der Waals surface area contributed by atoms with E-state index in [9.17, 15) is 0 Å². The Bertz CT molecular complexity index is 385. The van der Waals surface area contributed by atoms with Crippen molar-refractivity contribution in [1.82, 2.24) is 4.90 Å². The summed E-state index contributed by atoms with van der Waals surface area (Å²) in [7, 11) is 4.07. The maximum Gasteiger partial charge on any atom is 0.0572 e. The van der Waals surface area contributed by atoms with Gasteiger partial charge >= 0.3 is 0 Å². The standard InChI is InChI=1S/C16H28N2OS/c1-13(11-15-5-4-10-20-15)18(2)16(12-17)8-6-14(19-3)7-9-16/h4-5,10,13-14H,6-9,11-12,17H2,1-3H3. The SMILES string of the molecule is COC1CCC(CN)(N(C)C(C)Cc2cccs2)CC1. The molecular formula is C16H28N2OS. The number of nitrogens with two attached hydrogens (primary N) is 1. The van der Waals surface area contributed by atoms with Gasteiger partial charge in [0.05, 0.1) is 6.10 Å². The summed E-state index contributed by atoms with van der Waals surface area (Å²) in [5.41, 5.74) is 6.32. The van der Waals surface area contributed by atoms with E-state index < -0.39 is 0 Å². The van der Waals surface area contributed by atoms with Crippen LogP contribution in [0.5, 0.6) is 0 Å². The molecule has 1 atom stereocenters.